The first-order chi connectivity index (χ1) is 5.83. The zero-order chi connectivity index (χ0) is 9.66. The van der Waals surface area contributed by atoms with Gasteiger partial charge in [-0.1, -0.05) is 24.3 Å². The average Bonchev–Trinajstić information content (AvgIpc) is 2.12. The molecular formula is C10H14N2. The minimum absolute atomic E-state index is 0.538. The minimum Gasteiger partial charge on any atom is -0.198 e. The largest absolute Gasteiger partial charge is 0.198 e. The highest BCUT2D eigenvalue weighted by atomic mass is 14.2. The van der Waals surface area contributed by atoms with Crippen LogP contribution in [0.25, 0.3) is 0 Å². The predicted molar refractivity (Wildman–Crippen MR) is 50.1 cm³/mol. The molecule has 0 unspecified atom stereocenters. The smallest absolute Gasteiger partial charge is 0.0663 e. The van der Waals surface area contributed by atoms with Gasteiger partial charge in [-0.25, -0.2) is 0 Å². The second-order valence-corrected chi connectivity index (χ2v) is 1.86. The SMILES string of the molecule is C/C=C/CC#N.C/C=C/CC#N. The molecule has 0 amide bonds. The second kappa shape index (κ2) is 16.2. The van der Waals surface area contributed by atoms with E-state index in [0.717, 1.165) is 0 Å². The van der Waals surface area contributed by atoms with Crippen molar-refractivity contribution in [3.63, 3.8) is 0 Å². The molecule has 0 radical (unpaired) electrons. The summed E-state index contributed by atoms with van der Waals surface area (Å²) >= 11 is 0. The van der Waals surface area contributed by atoms with Crippen molar-refractivity contribution in [1.82, 2.24) is 0 Å². The first kappa shape index (κ1) is 13.1. The van der Waals surface area contributed by atoms with Gasteiger partial charge in [-0.3, -0.25) is 0 Å². The number of hydrogen-bond acceptors (Lipinski definition) is 2. The zero-order valence-electron chi connectivity index (χ0n) is 7.62. The number of rotatable bonds is 2. The van der Waals surface area contributed by atoms with Gasteiger partial charge in [0.1, 0.15) is 0 Å². The van der Waals surface area contributed by atoms with Crippen molar-refractivity contribution in [3.05, 3.63) is 24.3 Å². The van der Waals surface area contributed by atoms with Crippen LogP contribution in [0.15, 0.2) is 24.3 Å². The van der Waals surface area contributed by atoms with Gasteiger partial charge in [0.2, 0.25) is 0 Å². The van der Waals surface area contributed by atoms with Crippen LogP contribution in [-0.2, 0) is 0 Å². The van der Waals surface area contributed by atoms with E-state index in [9.17, 15) is 0 Å². The van der Waals surface area contributed by atoms with Gasteiger partial charge >= 0.3 is 0 Å². The molecule has 0 aromatic heterocycles. The van der Waals surface area contributed by atoms with Gasteiger partial charge in [-0.15, -0.1) is 0 Å². The molecule has 0 rings (SSSR count). The molecule has 12 heavy (non-hydrogen) atoms. The van der Waals surface area contributed by atoms with Crippen molar-refractivity contribution in [3.8, 4) is 12.1 Å². The molecule has 0 atom stereocenters. The third kappa shape index (κ3) is 23.7. The van der Waals surface area contributed by atoms with E-state index in [2.05, 4.69) is 0 Å². The second-order valence-electron chi connectivity index (χ2n) is 1.86. The maximum atomic E-state index is 7.90. The lowest BCUT2D eigenvalue weighted by Gasteiger charge is -1.63. The minimum atomic E-state index is 0.538. The summed E-state index contributed by atoms with van der Waals surface area (Å²) in [6.45, 7) is 3.80. The molecule has 64 valence electrons. The summed E-state index contributed by atoms with van der Waals surface area (Å²) < 4.78 is 0. The number of nitrogens with zero attached hydrogens (tertiary/aromatic N) is 2. The first-order valence-electron chi connectivity index (χ1n) is 3.79. The van der Waals surface area contributed by atoms with E-state index in [0.29, 0.717) is 12.8 Å². The number of nitriles is 2. The van der Waals surface area contributed by atoms with Crippen LogP contribution in [0.4, 0.5) is 0 Å². The fourth-order valence-corrected chi connectivity index (χ4v) is 0.341. The summed E-state index contributed by atoms with van der Waals surface area (Å²) in [7, 11) is 0. The van der Waals surface area contributed by atoms with Gasteiger partial charge in [0, 0.05) is 0 Å². The molecule has 2 heteroatoms. The molecule has 0 saturated carbocycles. The molecule has 0 heterocycles. The summed E-state index contributed by atoms with van der Waals surface area (Å²) in [5.41, 5.74) is 0. The third-order valence-electron chi connectivity index (χ3n) is 0.890. The molecule has 0 aromatic carbocycles. The Morgan fingerprint density at radius 3 is 1.33 bits per heavy atom. The fourth-order valence-electron chi connectivity index (χ4n) is 0.341. The van der Waals surface area contributed by atoms with Gasteiger partial charge in [-0.2, -0.15) is 10.5 Å². The molecule has 0 N–H and O–H groups in total. The highest BCUT2D eigenvalue weighted by Gasteiger charge is 1.61. The summed E-state index contributed by atoms with van der Waals surface area (Å²) in [6.07, 6.45) is 8.44. The van der Waals surface area contributed by atoms with Crippen molar-refractivity contribution in [2.45, 2.75) is 26.7 Å². The normalized spacial score (nSPS) is 8.67. The Balaban J connectivity index is 0. The van der Waals surface area contributed by atoms with Crippen molar-refractivity contribution < 1.29 is 0 Å². The van der Waals surface area contributed by atoms with Gasteiger partial charge in [-0.05, 0) is 13.8 Å². The highest BCUT2D eigenvalue weighted by Crippen LogP contribution is 1.74. The molecule has 2 nitrogen and oxygen atoms in total. The van der Waals surface area contributed by atoms with Crippen molar-refractivity contribution >= 4 is 0 Å². The van der Waals surface area contributed by atoms with E-state index in [-0.39, 0.29) is 0 Å². The van der Waals surface area contributed by atoms with Crippen LogP contribution in [0.2, 0.25) is 0 Å². The van der Waals surface area contributed by atoms with Crippen molar-refractivity contribution in [2.24, 2.45) is 0 Å². The van der Waals surface area contributed by atoms with Crippen molar-refractivity contribution in [1.29, 1.82) is 10.5 Å². The quantitative estimate of drug-likeness (QED) is 0.586. The first-order valence-corrected chi connectivity index (χ1v) is 3.79. The summed E-state index contributed by atoms with van der Waals surface area (Å²) in [6, 6.07) is 3.96. The van der Waals surface area contributed by atoms with E-state index < -0.39 is 0 Å². The molecule has 0 aromatic rings. The maximum absolute atomic E-state index is 7.90. The number of allylic oxidation sites excluding steroid dienone is 4. The summed E-state index contributed by atoms with van der Waals surface area (Å²) in [5, 5.41) is 15.8. The van der Waals surface area contributed by atoms with E-state index >= 15 is 0 Å². The average molecular weight is 162 g/mol. The molecule has 0 aliphatic rings. The van der Waals surface area contributed by atoms with E-state index in [1.165, 1.54) is 0 Å². The Labute approximate surface area is 74.4 Å². The zero-order valence-corrected chi connectivity index (χ0v) is 7.62. The van der Waals surface area contributed by atoms with Gasteiger partial charge in [0.05, 0.1) is 25.0 Å². The topological polar surface area (TPSA) is 47.6 Å². The van der Waals surface area contributed by atoms with E-state index in [4.69, 9.17) is 10.5 Å². The van der Waals surface area contributed by atoms with Crippen LogP contribution >= 0.6 is 0 Å². The van der Waals surface area contributed by atoms with Crippen LogP contribution < -0.4 is 0 Å². The Hall–Kier alpha value is -1.54. The van der Waals surface area contributed by atoms with E-state index in [1.54, 1.807) is 0 Å². The lowest BCUT2D eigenvalue weighted by Crippen LogP contribution is -1.49. The molecule has 0 bridgehead atoms. The lowest BCUT2D eigenvalue weighted by molar-refractivity contribution is 1.34. The Bertz CT molecular complexity index is 177. The summed E-state index contributed by atoms with van der Waals surface area (Å²) in [5.74, 6) is 0. The molecule has 0 fully saturated rings. The molecule has 0 saturated heterocycles. The van der Waals surface area contributed by atoms with Gasteiger partial charge < -0.3 is 0 Å². The van der Waals surface area contributed by atoms with Gasteiger partial charge in [0.15, 0.2) is 0 Å². The molecule has 0 spiro atoms. The maximum Gasteiger partial charge on any atom is 0.0663 e. The third-order valence-corrected chi connectivity index (χ3v) is 0.890. The van der Waals surface area contributed by atoms with Crippen LogP contribution in [0.3, 0.4) is 0 Å². The standard InChI is InChI=1S/2C5H7N/c2*1-2-3-4-5-6/h2*2-3H,4H2,1H3/b2*3-2+. The van der Waals surface area contributed by atoms with Crippen LogP contribution in [-0.4, -0.2) is 0 Å². The highest BCUT2D eigenvalue weighted by molar-refractivity contribution is 4.88. The Kier molecular flexibility index (Phi) is 17.7. The monoisotopic (exact) mass is 162 g/mol. The Morgan fingerprint density at radius 2 is 1.25 bits per heavy atom. The predicted octanol–water partition coefficient (Wildman–Crippen LogP) is 2.95. The van der Waals surface area contributed by atoms with Gasteiger partial charge in [0.25, 0.3) is 0 Å². The van der Waals surface area contributed by atoms with Crippen LogP contribution in [0.1, 0.15) is 26.7 Å². The summed E-state index contributed by atoms with van der Waals surface area (Å²) in [4.78, 5) is 0. The fraction of sp³-hybridized carbons (Fsp3) is 0.400. The van der Waals surface area contributed by atoms with Crippen LogP contribution in [0.5, 0.6) is 0 Å². The lowest BCUT2D eigenvalue weighted by atomic mass is 10.4. The molecule has 0 aliphatic heterocycles. The van der Waals surface area contributed by atoms with Crippen molar-refractivity contribution in [2.75, 3.05) is 0 Å². The Morgan fingerprint density at radius 1 is 0.917 bits per heavy atom. The molecular weight excluding hydrogens is 148 g/mol. The van der Waals surface area contributed by atoms with Crippen LogP contribution in [0, 0.1) is 22.7 Å². The number of hydrogen-bond donors (Lipinski definition) is 0. The molecule has 0 aliphatic carbocycles. The van der Waals surface area contributed by atoms with E-state index in [1.807, 2.05) is 50.3 Å².